The maximum absolute atomic E-state index is 11.8. The van der Waals surface area contributed by atoms with Crippen molar-refractivity contribution >= 4 is 6.03 Å². The molecule has 0 aliphatic rings. The Kier molecular flexibility index (Phi) is 7.04. The summed E-state index contributed by atoms with van der Waals surface area (Å²) in [6.45, 7) is 3.29. The second-order valence-corrected chi connectivity index (χ2v) is 5.30. The van der Waals surface area contributed by atoms with Crippen LogP contribution >= 0.6 is 0 Å². The Morgan fingerprint density at radius 1 is 1.25 bits per heavy atom. The van der Waals surface area contributed by atoms with Crippen molar-refractivity contribution in [1.29, 1.82) is 0 Å². The molecule has 0 spiro atoms. The number of carbonyl (C=O) groups is 1. The lowest BCUT2D eigenvalue weighted by Crippen LogP contribution is -2.38. The number of benzene rings is 1. The number of nitrogens with zero attached hydrogens (tertiary/aromatic N) is 1. The highest BCUT2D eigenvalue weighted by atomic mass is 16.5. The zero-order valence-corrected chi connectivity index (χ0v) is 14.0. The number of rotatable bonds is 8. The van der Waals surface area contributed by atoms with Crippen molar-refractivity contribution in [2.75, 3.05) is 20.3 Å². The van der Waals surface area contributed by atoms with Gasteiger partial charge in [-0.1, -0.05) is 18.2 Å². The summed E-state index contributed by atoms with van der Waals surface area (Å²) in [6, 6.07) is 13.0. The minimum atomic E-state index is -0.223. The van der Waals surface area contributed by atoms with Gasteiger partial charge >= 0.3 is 6.03 Å². The maximum Gasteiger partial charge on any atom is 0.315 e. The molecule has 128 valence electrons. The van der Waals surface area contributed by atoms with Gasteiger partial charge in [0, 0.05) is 19.9 Å². The molecule has 1 atom stereocenters. The lowest BCUT2D eigenvalue weighted by molar-refractivity contribution is 0.195. The molecule has 1 heterocycles. The second kappa shape index (κ2) is 9.52. The van der Waals surface area contributed by atoms with E-state index in [0.717, 1.165) is 17.0 Å². The Morgan fingerprint density at radius 3 is 2.88 bits per heavy atom. The lowest BCUT2D eigenvalue weighted by Gasteiger charge is -2.16. The minimum Gasteiger partial charge on any atom is -0.487 e. The number of hydrogen-bond acceptors (Lipinski definition) is 4. The highest BCUT2D eigenvalue weighted by Gasteiger charge is 2.10. The molecule has 0 saturated carbocycles. The molecule has 2 N–H and O–H groups in total. The third kappa shape index (κ3) is 5.89. The highest BCUT2D eigenvalue weighted by molar-refractivity contribution is 5.74. The maximum atomic E-state index is 11.8. The molecule has 1 aromatic carbocycles. The second-order valence-electron chi connectivity index (χ2n) is 5.30. The van der Waals surface area contributed by atoms with Crippen LogP contribution in [-0.4, -0.2) is 31.3 Å². The van der Waals surface area contributed by atoms with Crippen molar-refractivity contribution in [3.8, 4) is 5.75 Å². The Bertz CT molecular complexity index is 634. The van der Waals surface area contributed by atoms with Crippen LogP contribution in [-0.2, 0) is 11.3 Å². The van der Waals surface area contributed by atoms with Gasteiger partial charge in [-0.2, -0.15) is 0 Å². The summed E-state index contributed by atoms with van der Waals surface area (Å²) in [5, 5.41) is 5.61. The number of carbonyl (C=O) groups excluding carboxylic acids is 1. The van der Waals surface area contributed by atoms with Gasteiger partial charge in [-0.25, -0.2) is 4.79 Å². The number of aromatic nitrogens is 1. The van der Waals surface area contributed by atoms with E-state index in [0.29, 0.717) is 19.8 Å². The predicted molar refractivity (Wildman–Crippen MR) is 91.8 cm³/mol. The molecule has 0 saturated heterocycles. The van der Waals surface area contributed by atoms with E-state index in [2.05, 4.69) is 15.6 Å². The van der Waals surface area contributed by atoms with Crippen LogP contribution in [0.1, 0.15) is 24.2 Å². The normalized spacial score (nSPS) is 11.6. The summed E-state index contributed by atoms with van der Waals surface area (Å²) in [5.41, 5.74) is 1.84. The third-order valence-corrected chi connectivity index (χ3v) is 3.41. The first-order valence-corrected chi connectivity index (χ1v) is 7.85. The Hall–Kier alpha value is -2.60. The van der Waals surface area contributed by atoms with Crippen molar-refractivity contribution in [1.82, 2.24) is 15.6 Å². The van der Waals surface area contributed by atoms with Gasteiger partial charge in [-0.3, -0.25) is 4.98 Å². The van der Waals surface area contributed by atoms with Gasteiger partial charge in [0.2, 0.25) is 0 Å². The Labute approximate surface area is 142 Å². The van der Waals surface area contributed by atoms with Crippen molar-refractivity contribution in [2.45, 2.75) is 19.6 Å². The summed E-state index contributed by atoms with van der Waals surface area (Å²) in [7, 11) is 1.60. The van der Waals surface area contributed by atoms with Gasteiger partial charge in [-0.05, 0) is 36.8 Å². The molecule has 2 rings (SSSR count). The summed E-state index contributed by atoms with van der Waals surface area (Å²) >= 11 is 0. The number of methoxy groups -OCH3 is 1. The molecule has 0 fully saturated rings. The fourth-order valence-electron chi connectivity index (χ4n) is 2.11. The van der Waals surface area contributed by atoms with E-state index >= 15 is 0 Å². The molecular weight excluding hydrogens is 306 g/mol. The number of ether oxygens (including phenoxy) is 2. The molecule has 1 aromatic heterocycles. The molecular formula is C18H23N3O3. The predicted octanol–water partition coefficient (Wildman–Crippen LogP) is 2.67. The molecule has 2 amide bonds. The third-order valence-electron chi connectivity index (χ3n) is 3.41. The van der Waals surface area contributed by atoms with Crippen molar-refractivity contribution in [2.24, 2.45) is 0 Å². The zero-order chi connectivity index (χ0) is 17.2. The quantitative estimate of drug-likeness (QED) is 0.730. The highest BCUT2D eigenvalue weighted by Crippen LogP contribution is 2.19. The van der Waals surface area contributed by atoms with E-state index in [4.69, 9.17) is 9.47 Å². The van der Waals surface area contributed by atoms with Crippen LogP contribution in [0.4, 0.5) is 4.79 Å². The first-order valence-electron chi connectivity index (χ1n) is 7.85. The molecule has 2 aromatic rings. The molecule has 0 aliphatic heterocycles. The largest absolute Gasteiger partial charge is 0.487 e. The van der Waals surface area contributed by atoms with Crippen LogP contribution < -0.4 is 15.4 Å². The van der Waals surface area contributed by atoms with Crippen molar-refractivity contribution < 1.29 is 14.3 Å². The minimum absolute atomic E-state index is 0.133. The number of hydrogen-bond donors (Lipinski definition) is 2. The van der Waals surface area contributed by atoms with Gasteiger partial charge in [-0.15, -0.1) is 0 Å². The Balaban J connectivity index is 1.88. The van der Waals surface area contributed by atoms with Crippen LogP contribution in [0, 0.1) is 0 Å². The molecule has 6 heteroatoms. The van der Waals surface area contributed by atoms with E-state index in [9.17, 15) is 4.79 Å². The van der Waals surface area contributed by atoms with Crippen LogP contribution in [0.25, 0.3) is 0 Å². The summed E-state index contributed by atoms with van der Waals surface area (Å²) < 4.78 is 10.7. The molecule has 24 heavy (non-hydrogen) atoms. The monoisotopic (exact) mass is 329 g/mol. The van der Waals surface area contributed by atoms with E-state index in [-0.39, 0.29) is 12.1 Å². The van der Waals surface area contributed by atoms with Crippen LogP contribution in [0.15, 0.2) is 48.7 Å². The van der Waals surface area contributed by atoms with E-state index < -0.39 is 0 Å². The smallest absolute Gasteiger partial charge is 0.315 e. The van der Waals surface area contributed by atoms with E-state index in [1.54, 1.807) is 13.3 Å². The first-order chi connectivity index (χ1) is 11.7. The number of amides is 2. The average Bonchev–Trinajstić information content (AvgIpc) is 2.61. The van der Waals surface area contributed by atoms with Gasteiger partial charge in [0.05, 0.1) is 18.3 Å². The topological polar surface area (TPSA) is 72.5 Å². The van der Waals surface area contributed by atoms with E-state index in [1.807, 2.05) is 49.4 Å². The van der Waals surface area contributed by atoms with Crippen LogP contribution in [0.3, 0.4) is 0 Å². The number of urea groups is 1. The van der Waals surface area contributed by atoms with Crippen LogP contribution in [0.2, 0.25) is 0 Å². The standard InChI is InChI=1S/C18H23N3O3/c1-14(21-18(22)20-10-11-23-2)15-6-5-8-17(12-15)24-13-16-7-3-4-9-19-16/h3-9,12,14H,10-11,13H2,1-2H3,(H2,20,21,22)/t14-/m0/s1. The van der Waals surface area contributed by atoms with Crippen LogP contribution in [0.5, 0.6) is 5.75 Å². The van der Waals surface area contributed by atoms with Gasteiger partial charge in [0.15, 0.2) is 0 Å². The Morgan fingerprint density at radius 2 is 2.12 bits per heavy atom. The number of pyridine rings is 1. The van der Waals surface area contributed by atoms with Gasteiger partial charge < -0.3 is 20.1 Å². The summed E-state index contributed by atoms with van der Waals surface area (Å²) in [4.78, 5) is 16.0. The molecule has 0 unspecified atom stereocenters. The molecule has 0 bridgehead atoms. The van der Waals surface area contributed by atoms with E-state index in [1.165, 1.54) is 0 Å². The summed E-state index contributed by atoms with van der Waals surface area (Å²) in [6.07, 6.45) is 1.74. The average molecular weight is 329 g/mol. The molecule has 0 aliphatic carbocycles. The fourth-order valence-corrected chi connectivity index (χ4v) is 2.11. The molecule has 6 nitrogen and oxygen atoms in total. The SMILES string of the molecule is COCCNC(=O)N[C@@H](C)c1cccc(OCc2ccccn2)c1. The van der Waals surface area contributed by atoms with Crippen molar-refractivity contribution in [3.63, 3.8) is 0 Å². The first kappa shape index (κ1) is 17.7. The molecule has 0 radical (unpaired) electrons. The fraction of sp³-hybridized carbons (Fsp3) is 0.333. The number of nitrogens with one attached hydrogen (secondary N) is 2. The lowest BCUT2D eigenvalue weighted by atomic mass is 10.1. The van der Waals surface area contributed by atoms with Gasteiger partial charge in [0.25, 0.3) is 0 Å². The zero-order valence-electron chi connectivity index (χ0n) is 14.0. The summed E-state index contributed by atoms with van der Waals surface area (Å²) in [5.74, 6) is 0.742. The van der Waals surface area contributed by atoms with Gasteiger partial charge in [0.1, 0.15) is 12.4 Å². The van der Waals surface area contributed by atoms with Crippen molar-refractivity contribution in [3.05, 3.63) is 59.9 Å².